The Morgan fingerprint density at radius 1 is 1.03 bits per heavy atom. The molecule has 1 N–H and O–H groups in total. The summed E-state index contributed by atoms with van der Waals surface area (Å²) in [6, 6.07) is 17.4. The second-order valence-corrected chi connectivity index (χ2v) is 12.5. The van der Waals surface area contributed by atoms with Gasteiger partial charge < -0.3 is 14.2 Å². The fraction of sp³-hybridized carbons (Fsp3) is 0.483. The van der Waals surface area contributed by atoms with Gasteiger partial charge in [0.25, 0.3) is 0 Å². The van der Waals surface area contributed by atoms with Gasteiger partial charge >= 0.3 is 0 Å². The largest absolute Gasteiger partial charge is 0.377 e. The maximum absolute atomic E-state index is 13.3. The summed E-state index contributed by atoms with van der Waals surface area (Å²) in [7, 11) is -1.71. The molecule has 1 aromatic heterocycles. The monoisotopic (exact) mass is 523 g/mol. The van der Waals surface area contributed by atoms with Gasteiger partial charge in [-0.3, -0.25) is 4.79 Å². The maximum atomic E-state index is 13.3. The number of nitrogens with one attached hydrogen (secondary N) is 1. The highest BCUT2D eigenvalue weighted by Crippen LogP contribution is 2.31. The van der Waals surface area contributed by atoms with Crippen molar-refractivity contribution >= 4 is 26.8 Å². The van der Waals surface area contributed by atoms with Crippen LogP contribution in [0.3, 0.4) is 0 Å². The highest BCUT2D eigenvalue weighted by Gasteiger charge is 2.36. The van der Waals surface area contributed by atoms with Crippen molar-refractivity contribution in [3.05, 3.63) is 54.6 Å². The molecule has 3 aromatic rings. The van der Waals surface area contributed by atoms with E-state index in [1.165, 1.54) is 0 Å². The zero-order chi connectivity index (χ0) is 26.2. The lowest BCUT2D eigenvalue weighted by molar-refractivity contribution is -0.147. The maximum Gasteiger partial charge on any atom is 0.240 e. The third kappa shape index (κ3) is 5.33. The van der Waals surface area contributed by atoms with Crippen LogP contribution < -0.4 is 4.72 Å². The van der Waals surface area contributed by atoms with E-state index in [2.05, 4.69) is 36.8 Å². The number of fused-ring (bicyclic) bond motifs is 1. The van der Waals surface area contributed by atoms with Gasteiger partial charge in [0.1, 0.15) is 0 Å². The van der Waals surface area contributed by atoms with Crippen molar-refractivity contribution in [3.63, 3.8) is 0 Å². The minimum Gasteiger partial charge on any atom is -0.377 e. The molecular formula is C29H37N3O4S. The fourth-order valence-corrected chi connectivity index (χ4v) is 7.12. The van der Waals surface area contributed by atoms with Gasteiger partial charge in [0.05, 0.1) is 24.2 Å². The molecule has 1 aliphatic heterocycles. The van der Waals surface area contributed by atoms with Crippen LogP contribution in [0.1, 0.15) is 39.5 Å². The van der Waals surface area contributed by atoms with Crippen LogP contribution in [0.15, 0.2) is 59.5 Å². The Kier molecular flexibility index (Phi) is 7.43. The third-order valence-corrected chi connectivity index (χ3v) is 9.53. The number of amides is 1. The molecule has 0 radical (unpaired) electrons. The number of aromatic nitrogens is 1. The summed E-state index contributed by atoms with van der Waals surface area (Å²) in [4.78, 5) is 15.5. The van der Waals surface area contributed by atoms with Crippen molar-refractivity contribution in [1.29, 1.82) is 0 Å². The molecule has 2 heterocycles. The van der Waals surface area contributed by atoms with Gasteiger partial charge in [-0.2, -0.15) is 0 Å². The van der Waals surface area contributed by atoms with Crippen molar-refractivity contribution in [2.24, 2.45) is 18.9 Å². The molecule has 0 spiro atoms. The molecule has 2 fully saturated rings. The molecule has 1 saturated carbocycles. The van der Waals surface area contributed by atoms with Gasteiger partial charge in [-0.05, 0) is 55.4 Å². The fourth-order valence-electron chi connectivity index (χ4n) is 5.79. The van der Waals surface area contributed by atoms with Crippen LogP contribution in [0.4, 0.5) is 0 Å². The van der Waals surface area contributed by atoms with Crippen molar-refractivity contribution in [2.75, 3.05) is 19.8 Å². The van der Waals surface area contributed by atoms with E-state index in [4.69, 9.17) is 4.74 Å². The molecule has 0 unspecified atom stereocenters. The quantitative estimate of drug-likeness (QED) is 0.514. The second-order valence-electron chi connectivity index (χ2n) is 10.8. The average molecular weight is 524 g/mol. The molecule has 37 heavy (non-hydrogen) atoms. The lowest BCUT2D eigenvalue weighted by atomic mass is 9.85. The van der Waals surface area contributed by atoms with Crippen LogP contribution in [0, 0.1) is 11.8 Å². The summed E-state index contributed by atoms with van der Waals surface area (Å²) in [6.45, 7) is 6.07. The number of nitrogens with zero attached hydrogens (tertiary/aromatic N) is 2. The zero-order valence-electron chi connectivity index (χ0n) is 21.9. The number of hydrogen-bond acceptors (Lipinski definition) is 4. The van der Waals surface area contributed by atoms with Crippen molar-refractivity contribution < 1.29 is 17.9 Å². The molecule has 1 aliphatic carbocycles. The molecule has 0 bridgehead atoms. The van der Waals surface area contributed by atoms with Gasteiger partial charge in [-0.25, -0.2) is 13.1 Å². The smallest absolute Gasteiger partial charge is 0.240 e. The van der Waals surface area contributed by atoms with Gasteiger partial charge in [0.15, 0.2) is 0 Å². The first-order chi connectivity index (χ1) is 17.7. The van der Waals surface area contributed by atoms with E-state index in [1.807, 2.05) is 40.8 Å². The van der Waals surface area contributed by atoms with Gasteiger partial charge in [-0.15, -0.1) is 0 Å². The van der Waals surface area contributed by atoms with Crippen LogP contribution >= 0.6 is 0 Å². The lowest BCUT2D eigenvalue weighted by Gasteiger charge is -2.41. The van der Waals surface area contributed by atoms with Crippen molar-refractivity contribution in [3.8, 4) is 11.3 Å². The first-order valence-electron chi connectivity index (χ1n) is 13.3. The lowest BCUT2D eigenvalue weighted by Crippen LogP contribution is -2.53. The minimum absolute atomic E-state index is 0.0452. The van der Waals surface area contributed by atoms with Crippen LogP contribution in [0.2, 0.25) is 0 Å². The predicted molar refractivity (Wildman–Crippen MR) is 146 cm³/mol. The van der Waals surface area contributed by atoms with E-state index >= 15 is 0 Å². The van der Waals surface area contributed by atoms with E-state index in [0.717, 1.165) is 22.2 Å². The Labute approximate surface area is 219 Å². The minimum atomic E-state index is -3.68. The Morgan fingerprint density at radius 3 is 2.46 bits per heavy atom. The number of sulfonamides is 1. The number of carbonyl (C=O) groups excluding carboxylic acids is 1. The number of hydrogen-bond donors (Lipinski definition) is 1. The molecule has 8 heteroatoms. The standard InChI is InChI=1S/C29H37N3O4S/c1-20(2)28-19-36-16-15-32(28)29(33)22-9-12-24(13-10-22)30-37(34,35)25-14-11-23-17-26(31(3)27(23)18-25)21-7-5-4-6-8-21/h4-8,11,14,17-18,20,22,24,28,30H,9-10,12-13,15-16,19H2,1-3H3/t22-,24-,28-/m1/s1. The van der Waals surface area contributed by atoms with Crippen LogP contribution in [0.5, 0.6) is 0 Å². The molecule has 1 saturated heterocycles. The van der Waals surface area contributed by atoms with E-state index in [1.54, 1.807) is 12.1 Å². The second kappa shape index (κ2) is 10.6. The number of aryl methyl sites for hydroxylation is 1. The van der Waals surface area contributed by atoms with E-state index in [-0.39, 0.29) is 28.8 Å². The van der Waals surface area contributed by atoms with Crippen molar-refractivity contribution in [2.45, 2.75) is 56.5 Å². The molecule has 2 aromatic carbocycles. The highest BCUT2D eigenvalue weighted by molar-refractivity contribution is 7.89. The van der Waals surface area contributed by atoms with E-state index in [9.17, 15) is 13.2 Å². The molecule has 1 atom stereocenters. The number of carbonyl (C=O) groups is 1. The Morgan fingerprint density at radius 2 is 1.76 bits per heavy atom. The Bertz CT molecular complexity index is 1360. The van der Waals surface area contributed by atoms with Gasteiger partial charge in [-0.1, -0.05) is 50.2 Å². The topological polar surface area (TPSA) is 80.6 Å². The third-order valence-electron chi connectivity index (χ3n) is 8.01. The van der Waals surface area contributed by atoms with Gasteiger partial charge in [0, 0.05) is 42.1 Å². The molecule has 198 valence electrons. The number of morpholine rings is 1. The summed E-state index contributed by atoms with van der Waals surface area (Å²) >= 11 is 0. The number of ether oxygens (including phenoxy) is 1. The molecule has 7 nitrogen and oxygen atoms in total. The Hall–Kier alpha value is -2.68. The average Bonchev–Trinajstić information content (AvgIpc) is 3.24. The molecule has 2 aliphatic rings. The Balaban J connectivity index is 1.25. The summed E-state index contributed by atoms with van der Waals surface area (Å²) in [6.07, 6.45) is 2.73. The summed E-state index contributed by atoms with van der Waals surface area (Å²) in [5.41, 5.74) is 3.01. The van der Waals surface area contributed by atoms with Crippen LogP contribution in [-0.2, 0) is 26.6 Å². The summed E-state index contributed by atoms with van der Waals surface area (Å²) in [5, 5.41) is 1.00. The first kappa shape index (κ1) is 25.9. The molecule has 1 amide bonds. The zero-order valence-corrected chi connectivity index (χ0v) is 22.7. The predicted octanol–water partition coefficient (Wildman–Crippen LogP) is 4.57. The highest BCUT2D eigenvalue weighted by atomic mass is 32.2. The van der Waals surface area contributed by atoms with Gasteiger partial charge in [0.2, 0.25) is 15.9 Å². The SMILES string of the molecule is CC(C)[C@H]1COCCN1C(=O)[C@H]1CC[C@H](NS(=O)(=O)c2ccc3cc(-c4ccccc4)n(C)c3c2)CC1. The summed E-state index contributed by atoms with van der Waals surface area (Å²) < 4.78 is 37.2. The van der Waals surface area contributed by atoms with Crippen LogP contribution in [0.25, 0.3) is 22.2 Å². The van der Waals surface area contributed by atoms with Crippen LogP contribution in [-0.4, -0.2) is 55.6 Å². The first-order valence-corrected chi connectivity index (χ1v) is 14.8. The number of benzene rings is 2. The van der Waals surface area contributed by atoms with E-state index in [0.29, 0.717) is 51.4 Å². The number of rotatable bonds is 6. The molecule has 5 rings (SSSR count). The molecular weight excluding hydrogens is 486 g/mol. The summed E-state index contributed by atoms with van der Waals surface area (Å²) in [5.74, 6) is 0.501. The van der Waals surface area contributed by atoms with E-state index < -0.39 is 10.0 Å². The van der Waals surface area contributed by atoms with Crippen molar-refractivity contribution in [1.82, 2.24) is 14.2 Å². The normalized spacial score (nSPS) is 23.0.